The van der Waals surface area contributed by atoms with Gasteiger partial charge in [0.25, 0.3) is 0 Å². The first-order chi connectivity index (χ1) is 6.24. The Morgan fingerprint density at radius 3 is 1.54 bits per heavy atom. The van der Waals surface area contributed by atoms with Gasteiger partial charge in [0.15, 0.2) is 0 Å². The standard InChI is InChI=1S/C9H20O4/c1-3-5-7-9(12-10,13-11)8-6-4-2/h10-11H,3-8H2,1-2H3. The molecule has 0 bridgehead atoms. The van der Waals surface area contributed by atoms with E-state index in [-0.39, 0.29) is 0 Å². The second-order valence-corrected chi connectivity index (χ2v) is 3.30. The topological polar surface area (TPSA) is 58.9 Å². The van der Waals surface area contributed by atoms with E-state index >= 15 is 0 Å². The highest BCUT2D eigenvalue weighted by atomic mass is 17.2. The van der Waals surface area contributed by atoms with Gasteiger partial charge in [-0.15, -0.1) is 0 Å². The molecule has 80 valence electrons. The fraction of sp³-hybridized carbons (Fsp3) is 1.00. The van der Waals surface area contributed by atoms with Crippen molar-refractivity contribution in [2.75, 3.05) is 0 Å². The summed E-state index contributed by atoms with van der Waals surface area (Å²) in [5, 5.41) is 17.3. The van der Waals surface area contributed by atoms with Crippen LogP contribution in [0.1, 0.15) is 52.4 Å². The maximum absolute atomic E-state index is 8.64. The van der Waals surface area contributed by atoms with Crippen molar-refractivity contribution in [3.05, 3.63) is 0 Å². The highest BCUT2D eigenvalue weighted by Gasteiger charge is 2.32. The van der Waals surface area contributed by atoms with Gasteiger partial charge in [0.1, 0.15) is 0 Å². The Labute approximate surface area is 79.3 Å². The molecule has 2 N–H and O–H groups in total. The van der Waals surface area contributed by atoms with Gasteiger partial charge in [0, 0.05) is 12.8 Å². The molecule has 0 aromatic rings. The van der Waals surface area contributed by atoms with Crippen molar-refractivity contribution >= 4 is 0 Å². The number of unbranched alkanes of at least 4 members (excludes halogenated alkanes) is 2. The lowest BCUT2D eigenvalue weighted by Crippen LogP contribution is -2.34. The Bertz CT molecular complexity index is 102. The summed E-state index contributed by atoms with van der Waals surface area (Å²) in [4.78, 5) is 8.44. The van der Waals surface area contributed by atoms with Crippen molar-refractivity contribution in [2.24, 2.45) is 0 Å². The van der Waals surface area contributed by atoms with E-state index in [0.717, 1.165) is 25.7 Å². The Balaban J connectivity index is 3.97. The van der Waals surface area contributed by atoms with E-state index in [2.05, 4.69) is 9.78 Å². The normalized spacial score (nSPS) is 12.0. The van der Waals surface area contributed by atoms with E-state index in [1.807, 2.05) is 13.8 Å². The van der Waals surface area contributed by atoms with Crippen molar-refractivity contribution in [1.29, 1.82) is 0 Å². The summed E-state index contributed by atoms with van der Waals surface area (Å²) in [7, 11) is 0. The first-order valence-corrected chi connectivity index (χ1v) is 4.89. The molecule has 0 saturated carbocycles. The maximum Gasteiger partial charge on any atom is 0.233 e. The largest absolute Gasteiger partial charge is 0.249 e. The van der Waals surface area contributed by atoms with Gasteiger partial charge in [-0.25, -0.2) is 20.3 Å². The van der Waals surface area contributed by atoms with E-state index < -0.39 is 5.79 Å². The zero-order valence-corrected chi connectivity index (χ0v) is 8.45. The molecule has 0 aromatic heterocycles. The average molecular weight is 192 g/mol. The lowest BCUT2D eigenvalue weighted by atomic mass is 10.0. The third kappa shape index (κ3) is 4.57. The molecule has 0 rings (SSSR count). The highest BCUT2D eigenvalue weighted by Crippen LogP contribution is 2.25. The second-order valence-electron chi connectivity index (χ2n) is 3.30. The average Bonchev–Trinajstić information content (AvgIpc) is 2.20. The summed E-state index contributed by atoms with van der Waals surface area (Å²) in [6.45, 7) is 4.05. The van der Waals surface area contributed by atoms with Crippen molar-refractivity contribution < 1.29 is 20.3 Å². The summed E-state index contributed by atoms with van der Waals surface area (Å²) < 4.78 is 0. The van der Waals surface area contributed by atoms with Crippen molar-refractivity contribution in [3.8, 4) is 0 Å². The first kappa shape index (κ1) is 12.8. The van der Waals surface area contributed by atoms with Crippen LogP contribution in [0.5, 0.6) is 0 Å². The molecule has 0 atom stereocenters. The van der Waals surface area contributed by atoms with Crippen LogP contribution in [0.2, 0.25) is 0 Å². The zero-order chi connectivity index (χ0) is 10.2. The molecule has 0 radical (unpaired) electrons. The Morgan fingerprint density at radius 2 is 1.31 bits per heavy atom. The third-order valence-corrected chi connectivity index (χ3v) is 2.16. The molecule has 0 fully saturated rings. The van der Waals surface area contributed by atoms with E-state index in [1.165, 1.54) is 0 Å². The van der Waals surface area contributed by atoms with Crippen LogP contribution < -0.4 is 0 Å². The summed E-state index contributed by atoms with van der Waals surface area (Å²) in [6.07, 6.45) is 4.67. The molecular weight excluding hydrogens is 172 g/mol. The smallest absolute Gasteiger partial charge is 0.233 e. The second kappa shape index (κ2) is 7.26. The lowest BCUT2D eigenvalue weighted by molar-refractivity contribution is -0.490. The molecule has 4 heteroatoms. The minimum Gasteiger partial charge on any atom is -0.249 e. The molecule has 0 aromatic carbocycles. The molecule has 0 aliphatic rings. The monoisotopic (exact) mass is 192 g/mol. The van der Waals surface area contributed by atoms with E-state index in [4.69, 9.17) is 10.5 Å². The molecule has 0 heterocycles. The molecule has 0 amide bonds. The Kier molecular flexibility index (Phi) is 7.17. The predicted octanol–water partition coefficient (Wildman–Crippen LogP) is 3.04. The van der Waals surface area contributed by atoms with E-state index in [0.29, 0.717) is 12.8 Å². The predicted molar refractivity (Wildman–Crippen MR) is 49.2 cm³/mol. The summed E-state index contributed by atoms with van der Waals surface area (Å²) in [6, 6.07) is 0. The van der Waals surface area contributed by atoms with Gasteiger partial charge in [0.05, 0.1) is 0 Å². The Morgan fingerprint density at radius 1 is 0.923 bits per heavy atom. The molecule has 0 aliphatic heterocycles. The number of hydrogen-bond donors (Lipinski definition) is 2. The van der Waals surface area contributed by atoms with Gasteiger partial charge in [-0.3, -0.25) is 0 Å². The van der Waals surface area contributed by atoms with E-state index in [1.54, 1.807) is 0 Å². The van der Waals surface area contributed by atoms with Crippen molar-refractivity contribution in [2.45, 2.75) is 58.2 Å². The van der Waals surface area contributed by atoms with Crippen LogP contribution in [-0.4, -0.2) is 16.3 Å². The zero-order valence-electron chi connectivity index (χ0n) is 8.45. The SMILES string of the molecule is CCCCC(CCCC)(OO)OO. The van der Waals surface area contributed by atoms with Gasteiger partial charge in [-0.05, 0) is 12.8 Å². The van der Waals surface area contributed by atoms with Gasteiger partial charge < -0.3 is 0 Å². The maximum atomic E-state index is 8.64. The molecule has 13 heavy (non-hydrogen) atoms. The van der Waals surface area contributed by atoms with Crippen molar-refractivity contribution in [1.82, 2.24) is 0 Å². The summed E-state index contributed by atoms with van der Waals surface area (Å²) >= 11 is 0. The van der Waals surface area contributed by atoms with E-state index in [9.17, 15) is 0 Å². The minimum atomic E-state index is -1.20. The molecule has 4 nitrogen and oxygen atoms in total. The fourth-order valence-corrected chi connectivity index (χ4v) is 1.22. The molecular formula is C9H20O4. The first-order valence-electron chi connectivity index (χ1n) is 4.89. The van der Waals surface area contributed by atoms with Crippen molar-refractivity contribution in [3.63, 3.8) is 0 Å². The van der Waals surface area contributed by atoms with Crippen LogP contribution in [0.3, 0.4) is 0 Å². The minimum absolute atomic E-state index is 0.510. The van der Waals surface area contributed by atoms with Crippen LogP contribution >= 0.6 is 0 Å². The van der Waals surface area contributed by atoms with Gasteiger partial charge in [0.2, 0.25) is 5.79 Å². The molecule has 0 unspecified atom stereocenters. The van der Waals surface area contributed by atoms with Gasteiger partial charge in [-0.1, -0.05) is 26.7 Å². The van der Waals surface area contributed by atoms with Crippen LogP contribution in [0.4, 0.5) is 0 Å². The van der Waals surface area contributed by atoms with Gasteiger partial charge in [-0.2, -0.15) is 0 Å². The highest BCUT2D eigenvalue weighted by molar-refractivity contribution is 4.66. The van der Waals surface area contributed by atoms with Crippen LogP contribution in [-0.2, 0) is 9.78 Å². The molecule has 0 spiro atoms. The molecule has 0 aliphatic carbocycles. The summed E-state index contributed by atoms with van der Waals surface area (Å²) in [5.41, 5.74) is 0. The van der Waals surface area contributed by atoms with Crippen LogP contribution in [0.25, 0.3) is 0 Å². The van der Waals surface area contributed by atoms with Gasteiger partial charge >= 0.3 is 0 Å². The third-order valence-electron chi connectivity index (χ3n) is 2.16. The van der Waals surface area contributed by atoms with Crippen LogP contribution in [0.15, 0.2) is 0 Å². The number of hydrogen-bond acceptors (Lipinski definition) is 4. The fourth-order valence-electron chi connectivity index (χ4n) is 1.22. The summed E-state index contributed by atoms with van der Waals surface area (Å²) in [5.74, 6) is -1.20. The molecule has 0 saturated heterocycles. The number of rotatable bonds is 8. The quantitative estimate of drug-likeness (QED) is 0.352. The Hall–Kier alpha value is -0.160. The lowest BCUT2D eigenvalue weighted by Gasteiger charge is -2.26. The van der Waals surface area contributed by atoms with Crippen LogP contribution in [0, 0.1) is 0 Å².